The summed E-state index contributed by atoms with van der Waals surface area (Å²) in [4.78, 5) is 0.113. The number of nitrogens with one attached hydrogen (secondary N) is 1. The van der Waals surface area contributed by atoms with Crippen LogP contribution in [0.3, 0.4) is 0 Å². The van der Waals surface area contributed by atoms with E-state index in [2.05, 4.69) is 20.7 Å². The Kier molecular flexibility index (Phi) is 8.36. The predicted molar refractivity (Wildman–Crippen MR) is 95.4 cm³/mol. The summed E-state index contributed by atoms with van der Waals surface area (Å²) in [6.07, 6.45) is 1.24. The largest absolute Gasteiger partial charge is 0.495 e. The van der Waals surface area contributed by atoms with Gasteiger partial charge in [-0.05, 0) is 37.5 Å². The normalized spacial score (nSPS) is 11.9. The van der Waals surface area contributed by atoms with Crippen molar-refractivity contribution in [2.75, 3.05) is 13.7 Å². The maximum atomic E-state index is 12.7. The van der Waals surface area contributed by atoms with Crippen LogP contribution < -0.4 is 15.2 Å². The van der Waals surface area contributed by atoms with E-state index in [0.29, 0.717) is 18.6 Å². The van der Waals surface area contributed by atoms with E-state index in [-0.39, 0.29) is 23.8 Å². The van der Waals surface area contributed by atoms with Crippen molar-refractivity contribution in [2.45, 2.75) is 44.0 Å². The monoisotopic (exact) mass is 414 g/mol. The van der Waals surface area contributed by atoms with E-state index >= 15 is 0 Å². The number of nitrogens with two attached hydrogens (primary N) is 1. The molecule has 0 bridgehead atoms. The lowest BCUT2D eigenvalue weighted by molar-refractivity contribution is 0.360. The van der Waals surface area contributed by atoms with Crippen LogP contribution in [0.2, 0.25) is 0 Å². The summed E-state index contributed by atoms with van der Waals surface area (Å²) in [6, 6.07) is 3.25. The highest BCUT2D eigenvalue weighted by atomic mass is 79.9. The Morgan fingerprint density at radius 1 is 1.32 bits per heavy atom. The third kappa shape index (κ3) is 4.58. The SMILES string of the molecule is CCC(CC)(CN)NS(=O)(=O)c1cc(Br)c(C)cc1OC.Cl. The van der Waals surface area contributed by atoms with Gasteiger partial charge in [0.05, 0.1) is 7.11 Å². The third-order valence-corrected chi connectivity index (χ3v) is 6.28. The van der Waals surface area contributed by atoms with Gasteiger partial charge in [0.2, 0.25) is 10.0 Å². The highest BCUT2D eigenvalue weighted by Gasteiger charge is 2.32. The van der Waals surface area contributed by atoms with E-state index in [1.54, 1.807) is 12.1 Å². The number of aryl methyl sites for hydroxylation is 1. The van der Waals surface area contributed by atoms with Crippen molar-refractivity contribution in [3.63, 3.8) is 0 Å². The van der Waals surface area contributed by atoms with Crippen LogP contribution in [0.15, 0.2) is 21.5 Å². The molecule has 0 fully saturated rings. The Morgan fingerprint density at radius 2 is 1.86 bits per heavy atom. The molecule has 1 rings (SSSR count). The lowest BCUT2D eigenvalue weighted by Gasteiger charge is -2.31. The fourth-order valence-electron chi connectivity index (χ4n) is 2.07. The van der Waals surface area contributed by atoms with Crippen LogP contribution in [0.4, 0.5) is 0 Å². The second-order valence-electron chi connectivity index (χ2n) is 5.05. The number of methoxy groups -OCH3 is 1. The van der Waals surface area contributed by atoms with Crippen LogP contribution in [0.1, 0.15) is 32.3 Å². The van der Waals surface area contributed by atoms with Crippen molar-refractivity contribution < 1.29 is 13.2 Å². The Balaban J connectivity index is 0.00000441. The molecular formula is C14H24BrClN2O3S. The highest BCUT2D eigenvalue weighted by Crippen LogP contribution is 2.31. The lowest BCUT2D eigenvalue weighted by Crippen LogP contribution is -2.52. The molecule has 0 heterocycles. The molecule has 0 radical (unpaired) electrons. The zero-order valence-electron chi connectivity index (χ0n) is 13.3. The van der Waals surface area contributed by atoms with Gasteiger partial charge >= 0.3 is 0 Å². The lowest BCUT2D eigenvalue weighted by atomic mass is 9.95. The van der Waals surface area contributed by atoms with Crippen molar-refractivity contribution in [1.29, 1.82) is 0 Å². The molecule has 5 nitrogen and oxygen atoms in total. The quantitative estimate of drug-likeness (QED) is 0.717. The first-order valence-electron chi connectivity index (χ1n) is 6.83. The molecule has 0 unspecified atom stereocenters. The summed E-state index contributed by atoms with van der Waals surface area (Å²) in [5.74, 6) is 0.321. The van der Waals surface area contributed by atoms with Gasteiger partial charge in [0.25, 0.3) is 0 Å². The molecule has 8 heteroatoms. The number of hydrogen-bond donors (Lipinski definition) is 2. The first-order chi connectivity index (χ1) is 9.75. The maximum absolute atomic E-state index is 12.7. The fraction of sp³-hybridized carbons (Fsp3) is 0.571. The molecule has 0 aliphatic heterocycles. The van der Waals surface area contributed by atoms with Gasteiger partial charge in [0.1, 0.15) is 10.6 Å². The zero-order valence-corrected chi connectivity index (χ0v) is 16.5. The molecule has 3 N–H and O–H groups in total. The summed E-state index contributed by atoms with van der Waals surface area (Å²) < 4.78 is 34.1. The second kappa shape index (κ2) is 8.49. The Hall–Kier alpha value is -0.340. The number of hydrogen-bond acceptors (Lipinski definition) is 4. The Labute approximate surface area is 147 Å². The van der Waals surface area contributed by atoms with Gasteiger partial charge in [-0.1, -0.05) is 29.8 Å². The van der Waals surface area contributed by atoms with Crippen LogP contribution in [-0.4, -0.2) is 27.6 Å². The van der Waals surface area contributed by atoms with Crippen molar-refractivity contribution in [3.8, 4) is 5.75 Å². The predicted octanol–water partition coefficient (Wildman–Crippen LogP) is 2.98. The van der Waals surface area contributed by atoms with Crippen LogP contribution in [0.5, 0.6) is 5.75 Å². The van der Waals surface area contributed by atoms with E-state index in [9.17, 15) is 8.42 Å². The van der Waals surface area contributed by atoms with Gasteiger partial charge in [0, 0.05) is 16.6 Å². The first-order valence-corrected chi connectivity index (χ1v) is 9.11. The number of benzene rings is 1. The molecule has 1 aromatic carbocycles. The summed E-state index contributed by atoms with van der Waals surface area (Å²) in [7, 11) is -2.27. The van der Waals surface area contributed by atoms with Gasteiger partial charge in [-0.2, -0.15) is 0 Å². The van der Waals surface area contributed by atoms with Gasteiger partial charge in [0.15, 0.2) is 0 Å². The summed E-state index contributed by atoms with van der Waals surface area (Å²) in [5, 5.41) is 0. The Bertz CT molecular complexity index is 596. The van der Waals surface area contributed by atoms with Gasteiger partial charge in [-0.15, -0.1) is 12.4 Å². The van der Waals surface area contributed by atoms with Crippen molar-refractivity contribution in [3.05, 3.63) is 22.2 Å². The zero-order chi connectivity index (χ0) is 16.3. The van der Waals surface area contributed by atoms with Crippen molar-refractivity contribution >= 4 is 38.4 Å². The standard InChI is InChI=1S/C14H23BrN2O3S.ClH/c1-5-14(6-2,9-16)17-21(18,19)13-8-11(15)10(3)7-12(13)20-4;/h7-8,17H,5-6,9,16H2,1-4H3;1H. The molecule has 22 heavy (non-hydrogen) atoms. The number of rotatable bonds is 7. The molecule has 1 aromatic rings. The summed E-state index contributed by atoms with van der Waals surface area (Å²) >= 11 is 3.36. The van der Waals surface area contributed by atoms with Crippen LogP contribution in [0, 0.1) is 6.92 Å². The van der Waals surface area contributed by atoms with Crippen LogP contribution >= 0.6 is 28.3 Å². The van der Waals surface area contributed by atoms with E-state index in [0.717, 1.165) is 10.0 Å². The molecule has 0 aliphatic rings. The highest BCUT2D eigenvalue weighted by molar-refractivity contribution is 9.10. The molecule has 0 saturated heterocycles. The van der Waals surface area contributed by atoms with Gasteiger partial charge in [-0.3, -0.25) is 0 Å². The van der Waals surface area contributed by atoms with E-state index in [4.69, 9.17) is 10.5 Å². The van der Waals surface area contributed by atoms with Crippen LogP contribution in [0.25, 0.3) is 0 Å². The molecule has 0 aromatic heterocycles. The topological polar surface area (TPSA) is 81.4 Å². The molecule has 0 saturated carbocycles. The molecule has 0 amide bonds. The minimum absolute atomic E-state index is 0. The summed E-state index contributed by atoms with van der Waals surface area (Å²) in [5.41, 5.74) is 6.04. The molecular weight excluding hydrogens is 392 g/mol. The molecule has 0 spiro atoms. The summed E-state index contributed by atoms with van der Waals surface area (Å²) in [6.45, 7) is 5.95. The number of sulfonamides is 1. The molecule has 0 aliphatic carbocycles. The Morgan fingerprint density at radius 3 is 2.27 bits per heavy atom. The van der Waals surface area contributed by atoms with Crippen LogP contribution in [-0.2, 0) is 10.0 Å². The van der Waals surface area contributed by atoms with E-state index < -0.39 is 15.6 Å². The second-order valence-corrected chi connectivity index (χ2v) is 7.55. The molecule has 0 atom stereocenters. The minimum Gasteiger partial charge on any atom is -0.495 e. The smallest absolute Gasteiger partial charge is 0.244 e. The number of ether oxygens (including phenoxy) is 1. The van der Waals surface area contributed by atoms with Crippen molar-refractivity contribution in [2.24, 2.45) is 5.73 Å². The van der Waals surface area contributed by atoms with E-state index in [1.165, 1.54) is 7.11 Å². The first kappa shape index (κ1) is 21.7. The maximum Gasteiger partial charge on any atom is 0.244 e. The minimum atomic E-state index is -3.72. The average molecular weight is 416 g/mol. The van der Waals surface area contributed by atoms with Crippen molar-refractivity contribution in [1.82, 2.24) is 4.72 Å². The van der Waals surface area contributed by atoms with E-state index in [1.807, 2.05) is 20.8 Å². The third-order valence-electron chi connectivity index (χ3n) is 3.83. The van der Waals surface area contributed by atoms with Gasteiger partial charge < -0.3 is 10.5 Å². The number of halogens is 2. The van der Waals surface area contributed by atoms with Gasteiger partial charge in [-0.25, -0.2) is 13.1 Å². The fourth-order valence-corrected chi connectivity index (χ4v) is 4.30. The average Bonchev–Trinajstić information content (AvgIpc) is 2.47. The molecule has 128 valence electrons.